The Labute approximate surface area is 127 Å². The summed E-state index contributed by atoms with van der Waals surface area (Å²) in [6.07, 6.45) is 0.123. The summed E-state index contributed by atoms with van der Waals surface area (Å²) in [5, 5.41) is 11.8. The molecular weight excluding hydrogens is 325 g/mol. The van der Waals surface area contributed by atoms with Gasteiger partial charge in [-0.2, -0.15) is 4.31 Å². The van der Waals surface area contributed by atoms with Crippen molar-refractivity contribution in [2.45, 2.75) is 18.2 Å². The van der Waals surface area contributed by atoms with E-state index in [1.165, 1.54) is 22.5 Å². The summed E-state index contributed by atoms with van der Waals surface area (Å²) in [6, 6.07) is 4.11. The van der Waals surface area contributed by atoms with Crippen LogP contribution in [0.4, 0.5) is 0 Å². The highest BCUT2D eigenvalue weighted by Crippen LogP contribution is 2.24. The third-order valence-corrected chi connectivity index (χ3v) is 4.96. The van der Waals surface area contributed by atoms with Crippen LogP contribution in [0.1, 0.15) is 13.3 Å². The van der Waals surface area contributed by atoms with Gasteiger partial charge in [-0.1, -0.05) is 35.3 Å². The Morgan fingerprint density at radius 3 is 2.35 bits per heavy atom. The number of nitrogens with zero attached hydrogens (tertiary/aromatic N) is 2. The van der Waals surface area contributed by atoms with Gasteiger partial charge in [0.2, 0.25) is 10.0 Å². The van der Waals surface area contributed by atoms with E-state index in [0.29, 0.717) is 0 Å². The monoisotopic (exact) mass is 339 g/mol. The van der Waals surface area contributed by atoms with Gasteiger partial charge in [-0.05, 0) is 18.2 Å². The molecule has 1 aromatic rings. The molecule has 0 amide bonds. The van der Waals surface area contributed by atoms with Crippen molar-refractivity contribution in [3.63, 3.8) is 0 Å². The van der Waals surface area contributed by atoms with E-state index in [9.17, 15) is 8.42 Å². The molecule has 6 nitrogen and oxygen atoms in total. The lowest BCUT2D eigenvalue weighted by Crippen LogP contribution is -2.34. The Kier molecular flexibility index (Phi) is 6.07. The van der Waals surface area contributed by atoms with Crippen LogP contribution in [0.3, 0.4) is 0 Å². The Balaban J connectivity index is 3.05. The van der Waals surface area contributed by atoms with E-state index in [1.807, 2.05) is 0 Å². The summed E-state index contributed by atoms with van der Waals surface area (Å²) in [5.41, 5.74) is 5.34. The van der Waals surface area contributed by atoms with Crippen molar-refractivity contribution in [3.05, 3.63) is 28.2 Å². The van der Waals surface area contributed by atoms with Gasteiger partial charge in [0.25, 0.3) is 0 Å². The molecule has 112 valence electrons. The number of oxime groups is 1. The van der Waals surface area contributed by atoms with Crippen molar-refractivity contribution >= 4 is 39.1 Å². The predicted molar refractivity (Wildman–Crippen MR) is 78.9 cm³/mol. The Hall–Kier alpha value is -1.02. The Morgan fingerprint density at radius 2 is 1.90 bits per heavy atom. The molecule has 0 saturated heterocycles. The summed E-state index contributed by atoms with van der Waals surface area (Å²) < 4.78 is 26.1. The van der Waals surface area contributed by atoms with Crippen molar-refractivity contribution in [1.29, 1.82) is 0 Å². The lowest BCUT2D eigenvalue weighted by molar-refractivity contribution is 0.315. The van der Waals surface area contributed by atoms with Crippen LogP contribution in [0.25, 0.3) is 0 Å². The predicted octanol–water partition coefficient (Wildman–Crippen LogP) is 2.14. The van der Waals surface area contributed by atoms with Gasteiger partial charge in [0, 0.05) is 29.6 Å². The summed E-state index contributed by atoms with van der Waals surface area (Å²) >= 11 is 11.6. The molecule has 0 aliphatic heterocycles. The largest absolute Gasteiger partial charge is 0.409 e. The summed E-state index contributed by atoms with van der Waals surface area (Å²) in [7, 11) is -3.73. The molecule has 0 bridgehead atoms. The van der Waals surface area contributed by atoms with Crippen LogP contribution in [0.2, 0.25) is 10.0 Å². The highest BCUT2D eigenvalue weighted by atomic mass is 35.5. The lowest BCUT2D eigenvalue weighted by Gasteiger charge is -2.20. The zero-order valence-electron chi connectivity index (χ0n) is 10.8. The van der Waals surface area contributed by atoms with Crippen molar-refractivity contribution in [2.24, 2.45) is 10.9 Å². The zero-order valence-corrected chi connectivity index (χ0v) is 13.1. The second-order valence-corrected chi connectivity index (χ2v) is 6.75. The Bertz CT molecular complexity index is 585. The van der Waals surface area contributed by atoms with E-state index in [4.69, 9.17) is 34.1 Å². The van der Waals surface area contributed by atoms with Crippen LogP contribution in [0, 0.1) is 0 Å². The summed E-state index contributed by atoms with van der Waals surface area (Å²) in [6.45, 7) is 2.03. The molecule has 9 heteroatoms. The minimum absolute atomic E-state index is 0.0105. The maximum Gasteiger partial charge on any atom is 0.243 e. The van der Waals surface area contributed by atoms with Crippen molar-refractivity contribution in [3.8, 4) is 0 Å². The molecule has 20 heavy (non-hydrogen) atoms. The minimum atomic E-state index is -3.73. The number of halogens is 2. The van der Waals surface area contributed by atoms with Crippen LogP contribution in [-0.2, 0) is 10.0 Å². The van der Waals surface area contributed by atoms with Gasteiger partial charge >= 0.3 is 0 Å². The maximum absolute atomic E-state index is 12.4. The smallest absolute Gasteiger partial charge is 0.243 e. The van der Waals surface area contributed by atoms with Gasteiger partial charge in [-0.15, -0.1) is 0 Å². The van der Waals surface area contributed by atoms with Crippen LogP contribution in [0.15, 0.2) is 28.3 Å². The average molecular weight is 340 g/mol. The topological polar surface area (TPSA) is 96.0 Å². The highest BCUT2D eigenvalue weighted by Gasteiger charge is 2.23. The van der Waals surface area contributed by atoms with Crippen molar-refractivity contribution in [2.75, 3.05) is 13.1 Å². The van der Waals surface area contributed by atoms with Crippen LogP contribution >= 0.6 is 23.2 Å². The van der Waals surface area contributed by atoms with E-state index in [-0.39, 0.29) is 40.3 Å². The quantitative estimate of drug-likeness (QED) is 0.359. The molecule has 0 radical (unpaired) electrons. The fraction of sp³-hybridized carbons (Fsp3) is 0.364. The molecule has 0 atom stereocenters. The molecule has 0 unspecified atom stereocenters. The number of hydrogen-bond acceptors (Lipinski definition) is 4. The van der Waals surface area contributed by atoms with Gasteiger partial charge in [0.15, 0.2) is 0 Å². The van der Waals surface area contributed by atoms with E-state index in [1.54, 1.807) is 6.92 Å². The number of sulfonamides is 1. The van der Waals surface area contributed by atoms with E-state index in [0.717, 1.165) is 0 Å². The fourth-order valence-corrected chi connectivity index (χ4v) is 3.74. The molecule has 0 aliphatic rings. The van der Waals surface area contributed by atoms with Crippen LogP contribution < -0.4 is 5.73 Å². The van der Waals surface area contributed by atoms with Crippen LogP contribution in [0.5, 0.6) is 0 Å². The summed E-state index contributed by atoms with van der Waals surface area (Å²) in [4.78, 5) is 0.0105. The van der Waals surface area contributed by atoms with Gasteiger partial charge in [0.1, 0.15) is 5.84 Å². The molecule has 0 saturated carbocycles. The summed E-state index contributed by atoms with van der Waals surface area (Å²) in [5.74, 6) is -0.0391. The molecule has 1 rings (SSSR count). The van der Waals surface area contributed by atoms with E-state index >= 15 is 0 Å². The highest BCUT2D eigenvalue weighted by molar-refractivity contribution is 7.89. The van der Waals surface area contributed by atoms with Gasteiger partial charge in [-0.3, -0.25) is 0 Å². The standard InChI is InChI=1S/C11H15Cl2N3O3S/c1-2-16(4-3-11(14)15-17)20(18,19)10-6-8(12)5-9(13)7-10/h5-7,17H,2-4H2,1H3,(H2,14,15). The average Bonchev–Trinajstić information content (AvgIpc) is 2.37. The molecule has 0 aliphatic carbocycles. The first-order valence-corrected chi connectivity index (χ1v) is 7.93. The zero-order chi connectivity index (χ0) is 15.3. The molecule has 0 aromatic heterocycles. The fourth-order valence-electron chi connectivity index (χ4n) is 1.56. The van der Waals surface area contributed by atoms with Gasteiger partial charge in [0.05, 0.1) is 4.90 Å². The maximum atomic E-state index is 12.4. The van der Waals surface area contributed by atoms with E-state index in [2.05, 4.69) is 5.16 Å². The van der Waals surface area contributed by atoms with Crippen molar-refractivity contribution in [1.82, 2.24) is 4.31 Å². The Morgan fingerprint density at radius 1 is 1.35 bits per heavy atom. The lowest BCUT2D eigenvalue weighted by atomic mass is 10.4. The second-order valence-electron chi connectivity index (χ2n) is 3.94. The molecule has 3 N–H and O–H groups in total. The van der Waals surface area contributed by atoms with Gasteiger partial charge in [-0.25, -0.2) is 8.42 Å². The molecular formula is C11H15Cl2N3O3S. The first-order chi connectivity index (χ1) is 9.31. The first-order valence-electron chi connectivity index (χ1n) is 5.74. The normalized spacial score (nSPS) is 12.9. The molecule has 1 aromatic carbocycles. The van der Waals surface area contributed by atoms with Gasteiger partial charge < -0.3 is 10.9 Å². The molecule has 0 fully saturated rings. The van der Waals surface area contributed by atoms with E-state index < -0.39 is 10.0 Å². The SMILES string of the molecule is CCN(CCC(N)=NO)S(=O)(=O)c1cc(Cl)cc(Cl)c1. The number of benzene rings is 1. The third-order valence-electron chi connectivity index (χ3n) is 2.57. The number of amidine groups is 1. The number of nitrogens with two attached hydrogens (primary N) is 1. The van der Waals surface area contributed by atoms with Crippen molar-refractivity contribution < 1.29 is 13.6 Å². The number of rotatable bonds is 6. The molecule has 0 heterocycles. The minimum Gasteiger partial charge on any atom is -0.409 e. The molecule has 0 spiro atoms. The third kappa shape index (κ3) is 4.24. The first kappa shape index (κ1) is 17.0. The second kappa shape index (κ2) is 7.12. The van der Waals surface area contributed by atoms with Crippen LogP contribution in [-0.4, -0.2) is 36.9 Å². The number of hydrogen-bond donors (Lipinski definition) is 2.